The van der Waals surface area contributed by atoms with Crippen LogP contribution in [0.3, 0.4) is 0 Å². The highest BCUT2D eigenvalue weighted by molar-refractivity contribution is 7.99. The van der Waals surface area contributed by atoms with Crippen LogP contribution in [0, 0.1) is 5.92 Å². The Morgan fingerprint density at radius 3 is 2.89 bits per heavy atom. The van der Waals surface area contributed by atoms with E-state index in [-0.39, 0.29) is 5.91 Å². The number of hydrogen-bond acceptors (Lipinski definition) is 5. The van der Waals surface area contributed by atoms with Crippen LogP contribution >= 0.6 is 11.8 Å². The average Bonchev–Trinajstić information content (AvgIpc) is 3.04. The van der Waals surface area contributed by atoms with Crippen LogP contribution in [0.1, 0.15) is 32.7 Å². The Labute approximate surface area is 111 Å². The monoisotopic (exact) mass is 269 g/mol. The lowest BCUT2D eigenvalue weighted by atomic mass is 10.2. The molecule has 100 valence electrons. The molecule has 18 heavy (non-hydrogen) atoms. The zero-order chi connectivity index (χ0) is 13.1. The van der Waals surface area contributed by atoms with Gasteiger partial charge in [0.05, 0.1) is 11.8 Å². The maximum Gasteiger partial charge on any atom is 0.232 e. The first-order chi connectivity index (χ1) is 8.58. The number of aromatic nitrogens is 4. The number of nitrogens with zero attached hydrogens (tertiary/aromatic N) is 5. The third-order valence-corrected chi connectivity index (χ3v) is 3.66. The lowest BCUT2D eigenvalue weighted by Gasteiger charge is -2.18. The lowest BCUT2D eigenvalue weighted by Crippen LogP contribution is -2.31. The number of rotatable bonds is 6. The minimum atomic E-state index is 0.124. The number of carbonyl (C=O) groups is 1. The quantitative estimate of drug-likeness (QED) is 0.726. The molecule has 0 aliphatic heterocycles. The first-order valence-electron chi connectivity index (χ1n) is 6.22. The van der Waals surface area contributed by atoms with Crippen molar-refractivity contribution in [2.24, 2.45) is 5.92 Å². The van der Waals surface area contributed by atoms with Crippen molar-refractivity contribution in [2.75, 3.05) is 19.3 Å². The van der Waals surface area contributed by atoms with Crippen LogP contribution in [0.2, 0.25) is 0 Å². The summed E-state index contributed by atoms with van der Waals surface area (Å²) in [4.78, 5) is 13.7. The molecular formula is C11H19N5OS. The summed E-state index contributed by atoms with van der Waals surface area (Å²) < 4.78 is 1.83. The summed E-state index contributed by atoms with van der Waals surface area (Å²) in [5.74, 6) is 1.01. The van der Waals surface area contributed by atoms with Crippen LogP contribution in [-0.4, -0.2) is 50.4 Å². The van der Waals surface area contributed by atoms with E-state index in [1.807, 2.05) is 11.7 Å². The summed E-state index contributed by atoms with van der Waals surface area (Å²) in [7, 11) is 1.84. The van der Waals surface area contributed by atoms with Gasteiger partial charge < -0.3 is 4.90 Å². The fourth-order valence-corrected chi connectivity index (χ4v) is 2.60. The van der Waals surface area contributed by atoms with Crippen molar-refractivity contribution in [3.63, 3.8) is 0 Å². The summed E-state index contributed by atoms with van der Waals surface area (Å²) in [6.45, 7) is 4.99. The fraction of sp³-hybridized carbons (Fsp3) is 0.818. The van der Waals surface area contributed by atoms with Crippen LogP contribution in [0.25, 0.3) is 0 Å². The third kappa shape index (κ3) is 3.44. The molecule has 0 atom stereocenters. The van der Waals surface area contributed by atoms with Gasteiger partial charge in [-0.2, -0.15) is 0 Å². The van der Waals surface area contributed by atoms with E-state index < -0.39 is 0 Å². The van der Waals surface area contributed by atoms with Crippen LogP contribution in [0.5, 0.6) is 0 Å². The van der Waals surface area contributed by atoms with Gasteiger partial charge in [0, 0.05) is 13.6 Å². The zero-order valence-electron chi connectivity index (χ0n) is 11.0. The van der Waals surface area contributed by atoms with E-state index in [4.69, 9.17) is 0 Å². The third-order valence-electron chi connectivity index (χ3n) is 2.74. The van der Waals surface area contributed by atoms with E-state index in [9.17, 15) is 4.79 Å². The van der Waals surface area contributed by atoms with Gasteiger partial charge in [-0.25, -0.2) is 4.68 Å². The minimum absolute atomic E-state index is 0.124. The van der Waals surface area contributed by atoms with Gasteiger partial charge in [-0.1, -0.05) is 25.6 Å². The Morgan fingerprint density at radius 1 is 1.56 bits per heavy atom. The largest absolute Gasteiger partial charge is 0.345 e. The van der Waals surface area contributed by atoms with Crippen LogP contribution in [0.4, 0.5) is 0 Å². The molecule has 1 aromatic heterocycles. The smallest absolute Gasteiger partial charge is 0.232 e. The van der Waals surface area contributed by atoms with Gasteiger partial charge in [-0.3, -0.25) is 4.79 Å². The maximum atomic E-state index is 11.9. The molecule has 7 heteroatoms. The summed E-state index contributed by atoms with van der Waals surface area (Å²) in [5, 5.41) is 12.3. The molecule has 2 rings (SSSR count). The molecule has 0 N–H and O–H groups in total. The van der Waals surface area contributed by atoms with Gasteiger partial charge in [0.2, 0.25) is 11.1 Å². The number of hydrogen-bond donors (Lipinski definition) is 0. The molecule has 1 fully saturated rings. The first kappa shape index (κ1) is 13.3. The van der Waals surface area contributed by atoms with Crippen LogP contribution in [0.15, 0.2) is 5.16 Å². The number of thioether (sulfide) groups is 1. The second kappa shape index (κ2) is 5.69. The molecular weight excluding hydrogens is 250 g/mol. The maximum absolute atomic E-state index is 11.9. The molecule has 0 bridgehead atoms. The van der Waals surface area contributed by atoms with Gasteiger partial charge in [-0.15, -0.1) is 5.10 Å². The SMILES string of the molecule is CC(C)CN(C)C(=O)CSc1nnnn1C1CC1. The molecule has 1 amide bonds. The molecule has 0 aromatic carbocycles. The van der Waals surface area contributed by atoms with Gasteiger partial charge >= 0.3 is 0 Å². The molecule has 0 radical (unpaired) electrons. The molecule has 0 spiro atoms. The Balaban J connectivity index is 1.83. The van der Waals surface area contributed by atoms with E-state index in [0.717, 1.165) is 24.5 Å². The van der Waals surface area contributed by atoms with E-state index in [2.05, 4.69) is 29.4 Å². The summed E-state index contributed by atoms with van der Waals surface area (Å²) >= 11 is 1.42. The van der Waals surface area contributed by atoms with Crippen molar-refractivity contribution in [3.8, 4) is 0 Å². The number of amides is 1. The van der Waals surface area contributed by atoms with Crippen molar-refractivity contribution >= 4 is 17.7 Å². The minimum Gasteiger partial charge on any atom is -0.345 e. The van der Waals surface area contributed by atoms with E-state index in [1.54, 1.807) is 4.90 Å². The summed E-state index contributed by atoms with van der Waals surface area (Å²) in [5.41, 5.74) is 0. The molecule has 0 saturated heterocycles. The van der Waals surface area contributed by atoms with Crippen molar-refractivity contribution in [1.82, 2.24) is 25.1 Å². The highest BCUT2D eigenvalue weighted by atomic mass is 32.2. The highest BCUT2D eigenvalue weighted by Gasteiger charge is 2.28. The van der Waals surface area contributed by atoms with Gasteiger partial charge in [-0.05, 0) is 29.2 Å². The summed E-state index contributed by atoms with van der Waals surface area (Å²) in [6.07, 6.45) is 2.28. The van der Waals surface area contributed by atoms with E-state index >= 15 is 0 Å². The van der Waals surface area contributed by atoms with Crippen molar-refractivity contribution in [2.45, 2.75) is 37.9 Å². The molecule has 1 aromatic rings. The van der Waals surface area contributed by atoms with Gasteiger partial charge in [0.25, 0.3) is 0 Å². The molecule has 1 heterocycles. The zero-order valence-corrected chi connectivity index (χ0v) is 11.9. The Bertz CT molecular complexity index is 415. The standard InChI is InChI=1S/C11H19N5OS/c1-8(2)6-15(3)10(17)7-18-11-12-13-14-16(11)9-4-5-9/h8-9H,4-7H2,1-3H3. The average molecular weight is 269 g/mol. The van der Waals surface area contributed by atoms with Crippen LogP contribution in [-0.2, 0) is 4.79 Å². The normalized spacial score (nSPS) is 15.1. The summed E-state index contributed by atoms with van der Waals surface area (Å²) in [6, 6.07) is 0.450. The predicted octanol–water partition coefficient (Wildman–Crippen LogP) is 1.21. The van der Waals surface area contributed by atoms with Crippen molar-refractivity contribution in [3.05, 3.63) is 0 Å². The van der Waals surface area contributed by atoms with Crippen molar-refractivity contribution in [1.29, 1.82) is 0 Å². The highest BCUT2D eigenvalue weighted by Crippen LogP contribution is 2.36. The predicted molar refractivity (Wildman–Crippen MR) is 69.3 cm³/mol. The molecule has 1 aliphatic carbocycles. The second-order valence-corrected chi connectivity index (χ2v) is 6.04. The second-order valence-electron chi connectivity index (χ2n) is 5.09. The Hall–Kier alpha value is -1.11. The molecule has 6 nitrogen and oxygen atoms in total. The van der Waals surface area contributed by atoms with Crippen LogP contribution < -0.4 is 0 Å². The lowest BCUT2D eigenvalue weighted by molar-refractivity contribution is -0.127. The van der Waals surface area contributed by atoms with Gasteiger partial charge in [0.15, 0.2) is 0 Å². The molecule has 0 unspecified atom stereocenters. The van der Waals surface area contributed by atoms with Crippen molar-refractivity contribution < 1.29 is 4.79 Å². The first-order valence-corrected chi connectivity index (χ1v) is 7.21. The van der Waals surface area contributed by atoms with Gasteiger partial charge in [0.1, 0.15) is 0 Å². The molecule has 1 saturated carbocycles. The fourth-order valence-electron chi connectivity index (χ4n) is 1.71. The molecule has 1 aliphatic rings. The topological polar surface area (TPSA) is 63.9 Å². The Kier molecular flexibility index (Phi) is 4.21. The Morgan fingerprint density at radius 2 is 2.28 bits per heavy atom. The number of carbonyl (C=O) groups excluding carboxylic acids is 1. The number of tetrazole rings is 1. The van der Waals surface area contributed by atoms with E-state index in [0.29, 0.717) is 17.7 Å². The van der Waals surface area contributed by atoms with E-state index in [1.165, 1.54) is 11.8 Å².